The summed E-state index contributed by atoms with van der Waals surface area (Å²) >= 11 is 6.25. The lowest BCUT2D eigenvalue weighted by molar-refractivity contribution is -0.120. The molecule has 0 fully saturated rings. The Bertz CT molecular complexity index is 1330. The van der Waals surface area contributed by atoms with Crippen molar-refractivity contribution >= 4 is 46.4 Å². The Morgan fingerprint density at radius 3 is 2.24 bits per heavy atom. The summed E-state index contributed by atoms with van der Waals surface area (Å²) in [6, 6.07) is 19.6. The van der Waals surface area contributed by atoms with Crippen molar-refractivity contribution in [2.45, 2.75) is 20.8 Å². The molecule has 0 unspecified atom stereocenters. The van der Waals surface area contributed by atoms with E-state index in [2.05, 4.69) is 10.6 Å². The monoisotopic (exact) mass is 459 g/mol. The highest BCUT2D eigenvalue weighted by Crippen LogP contribution is 2.32. The number of nitrogens with one attached hydrogen (secondary N) is 2. The second-order valence-electron chi connectivity index (χ2n) is 7.95. The van der Waals surface area contributed by atoms with E-state index in [1.54, 1.807) is 30.3 Å². The lowest BCUT2D eigenvalue weighted by Crippen LogP contribution is -2.32. The minimum atomic E-state index is -0.593. The van der Waals surface area contributed by atoms with Crippen molar-refractivity contribution in [1.82, 2.24) is 0 Å². The Morgan fingerprint density at radius 2 is 1.52 bits per heavy atom. The number of halogens is 1. The zero-order valence-corrected chi connectivity index (χ0v) is 19.2. The molecule has 1 aliphatic heterocycles. The average molecular weight is 460 g/mol. The SMILES string of the molecule is Cc1cccc(NC(=O)c2cccc(NC3=C(Cl)C(=O)N(c4ccc(C)cc4C)C3=O)c2)c1. The summed E-state index contributed by atoms with van der Waals surface area (Å²) in [7, 11) is 0. The van der Waals surface area contributed by atoms with Crippen LogP contribution in [0.1, 0.15) is 27.0 Å². The molecule has 1 aliphatic rings. The van der Waals surface area contributed by atoms with Crippen molar-refractivity contribution in [3.8, 4) is 0 Å². The van der Waals surface area contributed by atoms with Gasteiger partial charge in [0.05, 0.1) is 5.69 Å². The van der Waals surface area contributed by atoms with Crippen molar-refractivity contribution in [2.75, 3.05) is 15.5 Å². The van der Waals surface area contributed by atoms with E-state index in [-0.39, 0.29) is 16.6 Å². The van der Waals surface area contributed by atoms with Gasteiger partial charge < -0.3 is 10.6 Å². The third kappa shape index (κ3) is 4.52. The van der Waals surface area contributed by atoms with Crippen LogP contribution in [0.2, 0.25) is 0 Å². The smallest absolute Gasteiger partial charge is 0.283 e. The summed E-state index contributed by atoms with van der Waals surface area (Å²) in [6.45, 7) is 5.71. The highest BCUT2D eigenvalue weighted by molar-refractivity contribution is 6.53. The molecular formula is C26H22ClN3O3. The maximum atomic E-state index is 13.1. The van der Waals surface area contributed by atoms with Crippen molar-refractivity contribution in [3.63, 3.8) is 0 Å². The fourth-order valence-electron chi connectivity index (χ4n) is 3.70. The second-order valence-corrected chi connectivity index (χ2v) is 8.33. The maximum Gasteiger partial charge on any atom is 0.283 e. The Labute approximate surface area is 196 Å². The Morgan fingerprint density at radius 1 is 0.818 bits per heavy atom. The van der Waals surface area contributed by atoms with Crippen molar-refractivity contribution in [3.05, 3.63) is 99.7 Å². The quantitative estimate of drug-likeness (QED) is 0.507. The van der Waals surface area contributed by atoms with Gasteiger partial charge in [-0.1, -0.05) is 47.5 Å². The molecule has 1 heterocycles. The largest absolute Gasteiger partial charge is 0.350 e. The van der Waals surface area contributed by atoms with Crippen LogP contribution in [-0.4, -0.2) is 17.7 Å². The van der Waals surface area contributed by atoms with Crippen LogP contribution < -0.4 is 15.5 Å². The molecule has 0 saturated heterocycles. The highest BCUT2D eigenvalue weighted by Gasteiger charge is 2.39. The molecule has 0 bridgehead atoms. The Hall–Kier alpha value is -3.90. The molecule has 7 heteroatoms. The molecule has 3 amide bonds. The van der Waals surface area contributed by atoms with Gasteiger partial charge in [-0.2, -0.15) is 0 Å². The Kier molecular flexibility index (Phi) is 6.03. The number of imide groups is 1. The van der Waals surface area contributed by atoms with Gasteiger partial charge in [0.25, 0.3) is 17.7 Å². The number of carbonyl (C=O) groups excluding carboxylic acids is 3. The second kappa shape index (κ2) is 8.92. The van der Waals surface area contributed by atoms with Crippen molar-refractivity contribution < 1.29 is 14.4 Å². The molecule has 0 spiro atoms. The fraction of sp³-hybridized carbons (Fsp3) is 0.115. The summed E-state index contributed by atoms with van der Waals surface area (Å²) in [4.78, 5) is 39.6. The first kappa shape index (κ1) is 22.3. The summed E-state index contributed by atoms with van der Waals surface area (Å²) < 4.78 is 0. The molecule has 3 aromatic rings. The standard InChI is InChI=1S/C26H22ClN3O3/c1-15-6-4-8-19(13-15)29-24(31)18-7-5-9-20(14-18)28-23-22(27)25(32)30(26(23)33)21-11-10-16(2)12-17(21)3/h4-14,28H,1-3H3,(H,29,31). The molecule has 0 atom stereocenters. The highest BCUT2D eigenvalue weighted by atomic mass is 35.5. The lowest BCUT2D eigenvalue weighted by atomic mass is 10.1. The average Bonchev–Trinajstić information content (AvgIpc) is 2.97. The minimum absolute atomic E-state index is 0.0297. The number of aryl methyl sites for hydroxylation is 3. The Balaban J connectivity index is 1.56. The van der Waals surface area contributed by atoms with Crippen LogP contribution in [-0.2, 0) is 9.59 Å². The molecule has 0 radical (unpaired) electrons. The van der Waals surface area contributed by atoms with Crippen LogP contribution in [0.4, 0.5) is 17.1 Å². The van der Waals surface area contributed by atoms with Crippen LogP contribution in [0, 0.1) is 20.8 Å². The topological polar surface area (TPSA) is 78.5 Å². The normalized spacial score (nSPS) is 13.5. The third-order valence-corrected chi connectivity index (χ3v) is 5.64. The molecule has 4 rings (SSSR count). The van der Waals surface area contributed by atoms with Gasteiger partial charge in [0, 0.05) is 16.9 Å². The molecule has 0 saturated carbocycles. The number of rotatable bonds is 5. The van der Waals surface area contributed by atoms with Gasteiger partial charge in [0.2, 0.25) is 0 Å². The van der Waals surface area contributed by atoms with Crippen LogP contribution in [0.15, 0.2) is 77.5 Å². The fourth-order valence-corrected chi connectivity index (χ4v) is 3.91. The van der Waals surface area contributed by atoms with Crippen LogP contribution >= 0.6 is 11.6 Å². The summed E-state index contributed by atoms with van der Waals surface area (Å²) in [5.74, 6) is -1.44. The zero-order chi connectivity index (χ0) is 23.7. The van der Waals surface area contributed by atoms with E-state index in [0.717, 1.165) is 21.6 Å². The number of hydrogen-bond donors (Lipinski definition) is 2. The molecule has 2 N–H and O–H groups in total. The van der Waals surface area contributed by atoms with Gasteiger partial charge in [-0.05, 0) is 68.3 Å². The molecule has 166 valence electrons. The van der Waals surface area contributed by atoms with Gasteiger partial charge in [-0.25, -0.2) is 4.90 Å². The summed E-state index contributed by atoms with van der Waals surface area (Å²) in [5.41, 5.74) is 4.83. The van der Waals surface area contributed by atoms with E-state index in [1.165, 1.54) is 0 Å². The number of hydrogen-bond acceptors (Lipinski definition) is 4. The van der Waals surface area contributed by atoms with Crippen molar-refractivity contribution in [1.29, 1.82) is 0 Å². The van der Waals surface area contributed by atoms with Gasteiger partial charge in [0.15, 0.2) is 0 Å². The first-order valence-corrected chi connectivity index (χ1v) is 10.7. The van der Waals surface area contributed by atoms with Gasteiger partial charge >= 0.3 is 0 Å². The van der Waals surface area contributed by atoms with Crippen LogP contribution in [0.5, 0.6) is 0 Å². The lowest BCUT2D eigenvalue weighted by Gasteiger charge is -2.18. The predicted octanol–water partition coefficient (Wildman–Crippen LogP) is 5.30. The van der Waals surface area contributed by atoms with E-state index in [1.807, 2.05) is 57.2 Å². The first-order chi connectivity index (χ1) is 15.7. The molecule has 6 nitrogen and oxygen atoms in total. The van der Waals surface area contributed by atoms with E-state index >= 15 is 0 Å². The molecule has 3 aromatic carbocycles. The summed E-state index contributed by atoms with van der Waals surface area (Å²) in [6.07, 6.45) is 0. The first-order valence-electron chi connectivity index (χ1n) is 10.4. The molecule has 33 heavy (non-hydrogen) atoms. The predicted molar refractivity (Wildman–Crippen MR) is 130 cm³/mol. The van der Waals surface area contributed by atoms with Crippen LogP contribution in [0.25, 0.3) is 0 Å². The number of amides is 3. The number of anilines is 3. The molecule has 0 aliphatic carbocycles. The van der Waals surface area contributed by atoms with Crippen molar-refractivity contribution in [2.24, 2.45) is 0 Å². The van der Waals surface area contributed by atoms with E-state index in [0.29, 0.717) is 22.6 Å². The molecule has 0 aromatic heterocycles. The summed E-state index contributed by atoms with van der Waals surface area (Å²) in [5, 5.41) is 5.58. The van der Waals surface area contributed by atoms with Gasteiger partial charge in [-0.3, -0.25) is 14.4 Å². The van der Waals surface area contributed by atoms with Crippen LogP contribution in [0.3, 0.4) is 0 Å². The maximum absolute atomic E-state index is 13.1. The third-order valence-electron chi connectivity index (χ3n) is 5.29. The van der Waals surface area contributed by atoms with E-state index < -0.39 is 11.8 Å². The van der Waals surface area contributed by atoms with Gasteiger partial charge in [-0.15, -0.1) is 0 Å². The van der Waals surface area contributed by atoms with E-state index in [4.69, 9.17) is 11.6 Å². The zero-order valence-electron chi connectivity index (χ0n) is 18.4. The number of benzene rings is 3. The number of carbonyl (C=O) groups is 3. The minimum Gasteiger partial charge on any atom is -0.350 e. The number of nitrogens with zero attached hydrogens (tertiary/aromatic N) is 1. The van der Waals surface area contributed by atoms with E-state index in [9.17, 15) is 14.4 Å². The van der Waals surface area contributed by atoms with Gasteiger partial charge in [0.1, 0.15) is 10.7 Å². The molecular weight excluding hydrogens is 438 g/mol.